The first-order valence-corrected chi connectivity index (χ1v) is 9.46. The monoisotopic (exact) mass is 700 g/mol. The van der Waals surface area contributed by atoms with Gasteiger partial charge in [-0.2, -0.15) is 0 Å². The van der Waals surface area contributed by atoms with E-state index in [1.165, 1.54) is 0 Å². The Morgan fingerprint density at radius 3 is 0.559 bits per heavy atom. The molecule has 0 amide bonds. The summed E-state index contributed by atoms with van der Waals surface area (Å²) in [5.74, 6) is 0. The molecule has 0 aromatic carbocycles. The van der Waals surface area contributed by atoms with Crippen LogP contribution in [0.3, 0.4) is 0 Å². The minimum absolute atomic E-state index is 0. The van der Waals surface area contributed by atoms with E-state index < -0.39 is 14.5 Å². The molecule has 14 heteroatoms. The summed E-state index contributed by atoms with van der Waals surface area (Å²) in [5, 5.41) is 0. The summed E-state index contributed by atoms with van der Waals surface area (Å²) in [6.45, 7) is 0. The topological polar surface area (TPSA) is 0 Å². The molecule has 34 heavy (non-hydrogen) atoms. The van der Waals surface area contributed by atoms with Gasteiger partial charge >= 0.3 is 53.5 Å². The molecule has 0 heterocycles. The molecule has 0 aromatic heterocycles. The van der Waals surface area contributed by atoms with Gasteiger partial charge in [0.15, 0.2) is 0 Å². The molecule has 0 aliphatic heterocycles. The van der Waals surface area contributed by atoms with Crippen molar-refractivity contribution in [2.24, 2.45) is 0 Å². The molecule has 0 spiro atoms. The molecule has 0 atom stereocenters. The van der Waals surface area contributed by atoms with Crippen LogP contribution in [0.15, 0.2) is 48.6 Å². The molecule has 4 aliphatic rings. The van der Waals surface area contributed by atoms with E-state index in [0.29, 0.717) is 0 Å². The van der Waals surface area contributed by atoms with Gasteiger partial charge in [-0.1, -0.05) is 48.7 Å². The summed E-state index contributed by atoms with van der Waals surface area (Å²) < 4.78 is 78.0. The average Bonchev–Trinajstić information content (AvgIpc) is 3.44. The first-order chi connectivity index (χ1) is 14.8. The Labute approximate surface area is 233 Å². The van der Waals surface area contributed by atoms with Crippen molar-refractivity contribution in [2.75, 3.05) is 0 Å². The van der Waals surface area contributed by atoms with Crippen LogP contribution in [0.4, 0.5) is 34.5 Å². The maximum Gasteiger partial charge on any atom is 2.00 e. The molecule has 0 N–H and O–H groups in total. The number of rotatable bonds is 0. The molecule has 0 saturated heterocycles. The van der Waals surface area contributed by atoms with E-state index >= 15 is 0 Å². The fourth-order valence-electron chi connectivity index (χ4n) is 1.35. The third-order valence-corrected chi connectivity index (χ3v) is 2.92. The van der Waals surface area contributed by atoms with E-state index in [1.807, 2.05) is 113 Å². The Kier molecular flexibility index (Phi) is 31.5. The first-order valence-electron chi connectivity index (χ1n) is 8.64. The first kappa shape index (κ1) is 41.1. The van der Waals surface area contributed by atoms with E-state index in [-0.39, 0.29) is 39.0 Å². The molecular weight excluding hydrogens is 680 g/mol. The van der Waals surface area contributed by atoms with Crippen LogP contribution >= 0.6 is 24.4 Å². The SMILES string of the molecule is F[B-](F)(F)F.F[B-](F)(F)F.S=C1C=CC=C1.S=C1C=CC=C1.[CH]1[CH][CH][CH][CH]1.[CH]1[CH][CH][CH][CH]1.[Ru+2].[Ru+2]. The van der Waals surface area contributed by atoms with Crippen LogP contribution < -0.4 is 0 Å². The summed E-state index contributed by atoms with van der Waals surface area (Å²) in [7, 11) is -12.0. The van der Waals surface area contributed by atoms with Crippen LogP contribution in [-0.2, 0) is 39.0 Å². The van der Waals surface area contributed by atoms with E-state index in [9.17, 15) is 34.5 Å². The van der Waals surface area contributed by atoms with Gasteiger partial charge in [0.05, 0.1) is 0 Å². The fourth-order valence-corrected chi connectivity index (χ4v) is 1.67. The van der Waals surface area contributed by atoms with E-state index in [0.717, 1.165) is 9.73 Å². The third kappa shape index (κ3) is 53.4. The van der Waals surface area contributed by atoms with E-state index in [4.69, 9.17) is 24.4 Å². The molecule has 2 fully saturated rings. The zero-order valence-electron chi connectivity index (χ0n) is 17.1. The fraction of sp³-hybridized carbons (Fsp3) is 0. The van der Waals surface area contributed by atoms with E-state index in [2.05, 4.69) is 0 Å². The molecule has 2 saturated carbocycles. The largest absolute Gasteiger partial charge is 2.00 e. The van der Waals surface area contributed by atoms with Crippen molar-refractivity contribution in [1.29, 1.82) is 0 Å². The summed E-state index contributed by atoms with van der Waals surface area (Å²) in [6.07, 6.45) is 35.3. The van der Waals surface area contributed by atoms with Crippen molar-refractivity contribution in [3.05, 3.63) is 113 Å². The Bertz CT molecular complexity index is 518. The normalized spacial score (nSPS) is 16.6. The average molecular weight is 698 g/mol. The molecule has 0 unspecified atom stereocenters. The second-order valence-electron chi connectivity index (χ2n) is 5.16. The van der Waals surface area contributed by atoms with Crippen LogP contribution in [0.25, 0.3) is 0 Å². The molecule has 4 rings (SSSR count). The van der Waals surface area contributed by atoms with Crippen molar-refractivity contribution in [3.63, 3.8) is 0 Å². The molecule has 0 nitrogen and oxygen atoms in total. The van der Waals surface area contributed by atoms with Crippen molar-refractivity contribution in [2.45, 2.75) is 0 Å². The predicted octanol–water partition coefficient (Wildman–Crippen LogP) is 7.60. The minimum atomic E-state index is -6.00. The molecule has 0 aromatic rings. The summed E-state index contributed by atoms with van der Waals surface area (Å²) in [6, 6.07) is 0. The number of thiocarbonyl (C=S) groups is 2. The third-order valence-electron chi connectivity index (χ3n) is 2.38. The summed E-state index contributed by atoms with van der Waals surface area (Å²) in [4.78, 5) is 1.85. The number of hydrogen-bond acceptors (Lipinski definition) is 2. The predicted molar refractivity (Wildman–Crippen MR) is 125 cm³/mol. The van der Waals surface area contributed by atoms with Crippen molar-refractivity contribution >= 4 is 48.7 Å². The van der Waals surface area contributed by atoms with Gasteiger partial charge in [0.25, 0.3) is 0 Å². The Morgan fingerprint density at radius 1 is 0.382 bits per heavy atom. The molecule has 10 radical (unpaired) electrons. The number of halogens is 8. The zero-order valence-corrected chi connectivity index (χ0v) is 22.2. The van der Waals surface area contributed by atoms with Gasteiger partial charge in [-0.25, -0.2) is 0 Å². The van der Waals surface area contributed by atoms with Gasteiger partial charge < -0.3 is 34.5 Å². The Balaban J connectivity index is -0.000000157. The smallest absolute Gasteiger partial charge is 0.418 e. The van der Waals surface area contributed by atoms with Crippen molar-refractivity contribution < 1.29 is 73.5 Å². The molecule has 186 valence electrons. The van der Waals surface area contributed by atoms with Crippen LogP contribution in [0, 0.1) is 64.2 Å². The van der Waals surface area contributed by atoms with Gasteiger partial charge in [0.2, 0.25) is 0 Å². The second kappa shape index (κ2) is 26.0. The van der Waals surface area contributed by atoms with Crippen LogP contribution in [-0.4, -0.2) is 24.2 Å². The number of allylic oxidation sites excluding steroid dienone is 8. The summed E-state index contributed by atoms with van der Waals surface area (Å²) >= 11 is 9.49. The van der Waals surface area contributed by atoms with Crippen LogP contribution in [0.2, 0.25) is 0 Å². The maximum atomic E-state index is 9.75. The van der Waals surface area contributed by atoms with Crippen LogP contribution in [0.1, 0.15) is 0 Å². The Morgan fingerprint density at radius 2 is 0.500 bits per heavy atom. The van der Waals surface area contributed by atoms with Gasteiger partial charge in [-0.3, -0.25) is 0 Å². The van der Waals surface area contributed by atoms with Gasteiger partial charge in [-0.05, 0) is 88.5 Å². The zero-order chi connectivity index (χ0) is 24.9. The van der Waals surface area contributed by atoms with E-state index in [1.54, 1.807) is 0 Å². The minimum Gasteiger partial charge on any atom is -0.418 e. The van der Waals surface area contributed by atoms with Gasteiger partial charge in [0, 0.05) is 9.73 Å². The van der Waals surface area contributed by atoms with Crippen molar-refractivity contribution in [3.8, 4) is 0 Å². The second-order valence-corrected chi connectivity index (χ2v) is 6.10. The van der Waals surface area contributed by atoms with Crippen LogP contribution in [0.5, 0.6) is 0 Å². The molecular formula is C20H18B2F8Ru2S2+2. The summed E-state index contributed by atoms with van der Waals surface area (Å²) in [5.41, 5.74) is 0. The number of hydrogen-bond donors (Lipinski definition) is 0. The van der Waals surface area contributed by atoms with Gasteiger partial charge in [0.1, 0.15) is 0 Å². The maximum absolute atomic E-state index is 9.75. The Hall–Kier alpha value is -0.0434. The molecule has 0 bridgehead atoms. The standard InChI is InChI=1S/2C5H4S.2C5H5.2BF4.2Ru/c2*6-5-3-1-2-4-5;2*1-2-4-5-3-1;2*2-1(3,4)5;;/h2*1-4H;2*1-5H;;;;/q;;;;2*-1;2*+2. The quantitative estimate of drug-likeness (QED) is 0.145. The van der Waals surface area contributed by atoms with Gasteiger partial charge in [-0.15, -0.1) is 0 Å². The van der Waals surface area contributed by atoms with Crippen molar-refractivity contribution in [1.82, 2.24) is 0 Å². The molecule has 4 aliphatic carbocycles.